The van der Waals surface area contributed by atoms with Crippen LogP contribution < -0.4 is 0 Å². The Labute approximate surface area is 143 Å². The summed E-state index contributed by atoms with van der Waals surface area (Å²) < 4.78 is 0. The second-order valence-electron chi connectivity index (χ2n) is 7.45. The van der Waals surface area contributed by atoms with E-state index in [0.717, 1.165) is 22.6 Å². The van der Waals surface area contributed by atoms with Gasteiger partial charge in [-0.3, -0.25) is 0 Å². The lowest BCUT2D eigenvalue weighted by atomic mass is 10.2. The van der Waals surface area contributed by atoms with E-state index < -0.39 is 0 Å². The number of hydrogen-bond acceptors (Lipinski definition) is 0. The first-order valence-electron chi connectivity index (χ1n) is 9.10. The van der Waals surface area contributed by atoms with E-state index in [1.165, 1.54) is 43.8 Å². The molecule has 2 aliphatic heterocycles. The largest absolute Gasteiger partial charge is 0.111 e. The molecule has 0 saturated carbocycles. The summed E-state index contributed by atoms with van der Waals surface area (Å²) in [7, 11) is 3.09. The summed E-state index contributed by atoms with van der Waals surface area (Å²) in [5.41, 5.74) is 3.88. The van der Waals surface area contributed by atoms with E-state index in [0.29, 0.717) is 0 Å². The molecule has 0 spiro atoms. The first kappa shape index (κ1) is 19.1. The molecule has 0 aromatic heterocycles. The predicted octanol–water partition coefficient (Wildman–Crippen LogP) is 7.49. The smallest absolute Gasteiger partial charge is 0.0194 e. The minimum absolute atomic E-state index is 0.137. The van der Waals surface area contributed by atoms with Crippen LogP contribution in [0.2, 0.25) is 0 Å². The standard InChI is InChI=1S/C19H35P3/c1-14(20)8-6-7-9-19(21-15(2)10-11-16(21)3)22-17(4)12-13-18(22)5/h8-9,15-18H,6-7,10-13,20H2,1-5H3/b14-8-/t15-,16-,17-,18-/m1/s1. The maximum atomic E-state index is 2.82. The fourth-order valence-corrected chi connectivity index (χ4v) is 13.7. The Morgan fingerprint density at radius 2 is 1.18 bits per heavy atom. The Kier molecular flexibility index (Phi) is 7.59. The van der Waals surface area contributed by atoms with E-state index in [4.69, 9.17) is 0 Å². The highest BCUT2D eigenvalue weighted by molar-refractivity contribution is 7.83. The highest BCUT2D eigenvalue weighted by Crippen LogP contribution is 2.75. The zero-order chi connectivity index (χ0) is 16.3. The summed E-state index contributed by atoms with van der Waals surface area (Å²) >= 11 is 0. The molecule has 0 amide bonds. The Hall–Kier alpha value is 0.770. The zero-order valence-corrected chi connectivity index (χ0v) is 18.1. The third-order valence-electron chi connectivity index (χ3n) is 5.39. The Balaban J connectivity index is 2.20. The third kappa shape index (κ3) is 4.65. The van der Waals surface area contributed by atoms with Gasteiger partial charge in [0.15, 0.2) is 0 Å². The van der Waals surface area contributed by atoms with Crippen LogP contribution in [0.15, 0.2) is 22.5 Å². The van der Waals surface area contributed by atoms with E-state index in [1.807, 2.05) is 5.06 Å². The predicted molar refractivity (Wildman–Crippen MR) is 111 cm³/mol. The second kappa shape index (κ2) is 8.75. The van der Waals surface area contributed by atoms with Gasteiger partial charge in [0.2, 0.25) is 0 Å². The summed E-state index contributed by atoms with van der Waals surface area (Å²) in [5.74, 6) is 0. The molecule has 0 aromatic rings. The van der Waals surface area contributed by atoms with Gasteiger partial charge in [0.1, 0.15) is 0 Å². The lowest BCUT2D eigenvalue weighted by Gasteiger charge is -2.33. The van der Waals surface area contributed by atoms with Crippen molar-refractivity contribution in [1.29, 1.82) is 0 Å². The van der Waals surface area contributed by atoms with E-state index in [1.54, 1.807) is 0 Å². The molecule has 2 aliphatic rings. The molecule has 2 heterocycles. The van der Waals surface area contributed by atoms with Crippen LogP contribution in [0.1, 0.15) is 73.1 Å². The van der Waals surface area contributed by atoms with Gasteiger partial charge in [0, 0.05) is 0 Å². The van der Waals surface area contributed by atoms with Gasteiger partial charge in [-0.05, 0) is 73.1 Å². The molecular weight excluding hydrogens is 321 g/mol. The highest BCUT2D eigenvalue weighted by Gasteiger charge is 2.40. The van der Waals surface area contributed by atoms with Crippen molar-refractivity contribution in [3.8, 4) is 0 Å². The van der Waals surface area contributed by atoms with Crippen molar-refractivity contribution in [2.45, 2.75) is 95.8 Å². The van der Waals surface area contributed by atoms with Gasteiger partial charge in [-0.2, -0.15) is 0 Å². The summed E-state index contributed by atoms with van der Waals surface area (Å²) in [6, 6.07) is 0. The normalized spacial score (nSPS) is 34.4. The topological polar surface area (TPSA) is 0 Å². The zero-order valence-electron chi connectivity index (χ0n) is 15.2. The average Bonchev–Trinajstić information content (AvgIpc) is 2.95. The van der Waals surface area contributed by atoms with Gasteiger partial charge in [-0.25, -0.2) is 0 Å². The maximum absolute atomic E-state index is 2.82. The Bertz CT molecular complexity index is 376. The van der Waals surface area contributed by atoms with Gasteiger partial charge < -0.3 is 0 Å². The molecule has 2 rings (SSSR count). The Morgan fingerprint density at radius 1 is 0.818 bits per heavy atom. The quantitative estimate of drug-likeness (QED) is 0.353. The summed E-state index contributed by atoms with van der Waals surface area (Å²) in [4.78, 5) is 0. The molecule has 126 valence electrons. The lowest BCUT2D eigenvalue weighted by molar-refractivity contribution is 0.777. The molecule has 0 bridgehead atoms. The summed E-state index contributed by atoms with van der Waals surface area (Å²) in [6.45, 7) is 12.3. The van der Waals surface area contributed by atoms with Crippen molar-refractivity contribution in [2.24, 2.45) is 0 Å². The van der Waals surface area contributed by atoms with Gasteiger partial charge >= 0.3 is 0 Å². The molecule has 22 heavy (non-hydrogen) atoms. The van der Waals surface area contributed by atoms with Crippen molar-refractivity contribution in [3.05, 3.63) is 22.5 Å². The number of hydrogen-bond donors (Lipinski definition) is 0. The van der Waals surface area contributed by atoms with Gasteiger partial charge in [0.25, 0.3) is 0 Å². The maximum Gasteiger partial charge on any atom is -0.0194 e. The number of unbranched alkanes of at least 4 members (excludes halogenated alkanes) is 1. The second-order valence-corrected chi connectivity index (χ2v) is 14.8. The lowest BCUT2D eigenvalue weighted by Crippen LogP contribution is -2.05. The fraction of sp³-hybridized carbons (Fsp3) is 0.789. The molecule has 0 radical (unpaired) electrons. The monoisotopic (exact) mass is 356 g/mol. The molecule has 5 atom stereocenters. The number of allylic oxidation sites excluding steroid dienone is 3. The van der Waals surface area contributed by atoms with Crippen LogP contribution in [0, 0.1) is 0 Å². The van der Waals surface area contributed by atoms with Crippen molar-refractivity contribution in [3.63, 3.8) is 0 Å². The summed E-state index contributed by atoms with van der Waals surface area (Å²) in [5, 5.41) is 3.37. The first-order chi connectivity index (χ1) is 10.4. The van der Waals surface area contributed by atoms with E-state index >= 15 is 0 Å². The average molecular weight is 356 g/mol. The van der Waals surface area contributed by atoms with Crippen molar-refractivity contribution < 1.29 is 0 Å². The molecule has 0 N–H and O–H groups in total. The highest BCUT2D eigenvalue weighted by atomic mass is 31.2. The van der Waals surface area contributed by atoms with E-state index in [-0.39, 0.29) is 15.8 Å². The van der Waals surface area contributed by atoms with E-state index in [9.17, 15) is 0 Å². The summed E-state index contributed by atoms with van der Waals surface area (Å²) in [6.07, 6.45) is 13.5. The SMILES string of the molecule is C/C(P)=C/CCC=C(P1[C@H](C)CC[C@H]1C)P1[C@H](C)CC[C@H]1C. The van der Waals surface area contributed by atoms with Crippen LogP contribution >= 0.6 is 25.1 Å². The minimum atomic E-state index is 0.137. The molecular formula is C19H35P3. The third-order valence-corrected chi connectivity index (χ3v) is 13.3. The molecule has 1 unspecified atom stereocenters. The molecule has 3 heteroatoms. The van der Waals surface area contributed by atoms with Gasteiger partial charge in [-0.1, -0.05) is 61.0 Å². The van der Waals surface area contributed by atoms with Crippen LogP contribution in [-0.4, -0.2) is 22.6 Å². The van der Waals surface area contributed by atoms with E-state index in [2.05, 4.69) is 56.0 Å². The Morgan fingerprint density at radius 3 is 1.55 bits per heavy atom. The van der Waals surface area contributed by atoms with Crippen LogP contribution in [0.25, 0.3) is 0 Å². The van der Waals surface area contributed by atoms with Crippen molar-refractivity contribution >= 4 is 25.1 Å². The molecule has 2 fully saturated rings. The van der Waals surface area contributed by atoms with Crippen molar-refractivity contribution in [2.75, 3.05) is 0 Å². The van der Waals surface area contributed by atoms with Crippen LogP contribution in [0.4, 0.5) is 0 Å². The molecule has 0 aliphatic carbocycles. The minimum Gasteiger partial charge on any atom is -0.111 e. The van der Waals surface area contributed by atoms with Crippen molar-refractivity contribution in [1.82, 2.24) is 0 Å². The van der Waals surface area contributed by atoms with Gasteiger partial charge in [-0.15, -0.1) is 9.24 Å². The number of rotatable bonds is 5. The van der Waals surface area contributed by atoms with Crippen LogP contribution in [-0.2, 0) is 0 Å². The first-order valence-corrected chi connectivity index (χ1v) is 12.6. The van der Waals surface area contributed by atoms with Crippen LogP contribution in [0.3, 0.4) is 0 Å². The van der Waals surface area contributed by atoms with Gasteiger partial charge in [0.05, 0.1) is 0 Å². The fourth-order valence-electron chi connectivity index (χ4n) is 4.16. The van der Waals surface area contributed by atoms with Crippen LogP contribution in [0.5, 0.6) is 0 Å². The molecule has 0 aromatic carbocycles. The molecule has 0 nitrogen and oxygen atoms in total. The molecule has 2 saturated heterocycles.